The van der Waals surface area contributed by atoms with Crippen molar-refractivity contribution in [2.24, 2.45) is 0 Å². The molecule has 0 aliphatic carbocycles. The van der Waals surface area contributed by atoms with Gasteiger partial charge in [0.1, 0.15) is 11.5 Å². The van der Waals surface area contributed by atoms with Crippen molar-refractivity contribution in [3.63, 3.8) is 0 Å². The molecule has 0 radical (unpaired) electrons. The largest absolute Gasteiger partial charge is 0.496 e. The second-order valence-corrected chi connectivity index (χ2v) is 5.39. The number of Topliss-reactive ketones (excluding diaryl/α,β-unsaturated/α-hetero) is 1. The highest BCUT2D eigenvalue weighted by molar-refractivity contribution is 6.30. The number of ketones is 1. The Morgan fingerprint density at radius 2 is 2.17 bits per heavy atom. The van der Waals surface area contributed by atoms with Crippen molar-refractivity contribution in [1.82, 2.24) is 0 Å². The van der Waals surface area contributed by atoms with E-state index in [-0.39, 0.29) is 11.2 Å². The molecule has 0 bridgehead atoms. The Morgan fingerprint density at radius 1 is 1.50 bits per heavy atom. The summed E-state index contributed by atoms with van der Waals surface area (Å²) in [5, 5.41) is 0.665. The van der Waals surface area contributed by atoms with Crippen LogP contribution < -0.4 is 4.74 Å². The zero-order valence-electron chi connectivity index (χ0n) is 10.9. The number of rotatable bonds is 4. The first-order valence-electron chi connectivity index (χ1n) is 5.90. The molecule has 0 aromatic heterocycles. The number of aryl methyl sites for hydroxylation is 1. The number of methoxy groups -OCH3 is 1. The van der Waals surface area contributed by atoms with E-state index in [1.807, 2.05) is 19.1 Å². The molecule has 18 heavy (non-hydrogen) atoms. The van der Waals surface area contributed by atoms with Gasteiger partial charge in [0.15, 0.2) is 0 Å². The van der Waals surface area contributed by atoms with Gasteiger partial charge in [-0.15, -0.1) is 0 Å². The molecule has 2 rings (SSSR count). The molecule has 0 spiro atoms. The van der Waals surface area contributed by atoms with Gasteiger partial charge in [-0.25, -0.2) is 0 Å². The number of halogens is 1. The van der Waals surface area contributed by atoms with Gasteiger partial charge in [-0.05, 0) is 31.5 Å². The minimum atomic E-state index is -0.271. The number of carbonyl (C=O) groups is 1. The molecule has 0 N–H and O–H groups in total. The van der Waals surface area contributed by atoms with Crippen LogP contribution in [0.15, 0.2) is 12.1 Å². The van der Waals surface area contributed by atoms with Gasteiger partial charge in [-0.1, -0.05) is 11.6 Å². The lowest BCUT2D eigenvalue weighted by molar-refractivity contribution is -0.125. The predicted octanol–water partition coefficient (Wildman–Crippen LogP) is 2.90. The van der Waals surface area contributed by atoms with Gasteiger partial charge >= 0.3 is 0 Å². The maximum atomic E-state index is 11.5. The van der Waals surface area contributed by atoms with E-state index in [1.54, 1.807) is 14.0 Å². The van der Waals surface area contributed by atoms with Gasteiger partial charge < -0.3 is 9.47 Å². The predicted molar refractivity (Wildman–Crippen MR) is 70.5 cm³/mol. The van der Waals surface area contributed by atoms with Gasteiger partial charge in [0.25, 0.3) is 0 Å². The molecular formula is C14H17ClO3. The number of hydrogen-bond donors (Lipinski definition) is 0. The van der Waals surface area contributed by atoms with Gasteiger partial charge in [0.2, 0.25) is 0 Å². The van der Waals surface area contributed by atoms with Crippen LogP contribution in [0.3, 0.4) is 0 Å². The van der Waals surface area contributed by atoms with E-state index in [0.29, 0.717) is 24.7 Å². The summed E-state index contributed by atoms with van der Waals surface area (Å²) in [6.45, 7) is 4.64. The summed E-state index contributed by atoms with van der Waals surface area (Å²) < 4.78 is 10.8. The van der Waals surface area contributed by atoms with Crippen molar-refractivity contribution in [2.45, 2.75) is 25.7 Å². The van der Waals surface area contributed by atoms with Crippen LogP contribution in [-0.2, 0) is 14.9 Å². The Bertz CT molecular complexity index is 478. The fourth-order valence-corrected chi connectivity index (χ4v) is 2.85. The first-order valence-corrected chi connectivity index (χ1v) is 6.28. The molecule has 4 heteroatoms. The van der Waals surface area contributed by atoms with Gasteiger partial charge in [-0.3, -0.25) is 4.79 Å². The van der Waals surface area contributed by atoms with E-state index in [0.717, 1.165) is 16.9 Å². The van der Waals surface area contributed by atoms with Crippen LogP contribution in [0.25, 0.3) is 0 Å². The maximum Gasteiger partial charge on any atom is 0.130 e. The summed E-state index contributed by atoms with van der Waals surface area (Å²) >= 11 is 6.12. The Morgan fingerprint density at radius 3 is 2.61 bits per heavy atom. The van der Waals surface area contributed by atoms with E-state index < -0.39 is 0 Å². The lowest BCUT2D eigenvalue weighted by atomic mass is 9.74. The number of hydrogen-bond acceptors (Lipinski definition) is 3. The summed E-state index contributed by atoms with van der Waals surface area (Å²) in [7, 11) is 1.64. The molecule has 3 nitrogen and oxygen atoms in total. The quantitative estimate of drug-likeness (QED) is 0.842. The fourth-order valence-electron chi connectivity index (χ4n) is 2.57. The fraction of sp³-hybridized carbons (Fsp3) is 0.500. The SMILES string of the molecule is COc1c(C)cc(Cl)cc1C1(CC(C)=O)COC1. The lowest BCUT2D eigenvalue weighted by Gasteiger charge is -2.42. The van der Waals surface area contributed by atoms with Crippen LogP contribution in [0.2, 0.25) is 5.02 Å². The molecule has 0 unspecified atom stereocenters. The topological polar surface area (TPSA) is 35.5 Å². The second kappa shape index (κ2) is 4.90. The second-order valence-electron chi connectivity index (χ2n) is 4.96. The van der Waals surface area contributed by atoms with Crippen molar-refractivity contribution < 1.29 is 14.3 Å². The summed E-state index contributed by atoms with van der Waals surface area (Å²) in [4.78, 5) is 11.5. The summed E-state index contributed by atoms with van der Waals surface area (Å²) in [6.07, 6.45) is 0.461. The minimum Gasteiger partial charge on any atom is -0.496 e. The molecule has 1 aliphatic heterocycles. The molecule has 1 aromatic carbocycles. The highest BCUT2D eigenvalue weighted by atomic mass is 35.5. The standard InChI is InChI=1S/C14H17ClO3/c1-9-4-11(15)5-12(13(9)17-3)14(6-10(2)16)7-18-8-14/h4-5H,6-8H2,1-3H3. The van der Waals surface area contributed by atoms with E-state index >= 15 is 0 Å². The van der Waals surface area contributed by atoms with Crippen LogP contribution in [0, 0.1) is 6.92 Å². The smallest absolute Gasteiger partial charge is 0.130 e. The third-order valence-electron chi connectivity index (χ3n) is 3.36. The third-order valence-corrected chi connectivity index (χ3v) is 3.58. The molecule has 1 aromatic rings. The summed E-state index contributed by atoms with van der Waals surface area (Å²) in [5.74, 6) is 0.960. The molecule has 0 amide bonds. The van der Waals surface area contributed by atoms with E-state index in [9.17, 15) is 4.79 Å². The highest BCUT2D eigenvalue weighted by Crippen LogP contribution is 2.43. The molecule has 1 heterocycles. The Kier molecular flexibility index (Phi) is 3.64. The average Bonchev–Trinajstić information content (AvgIpc) is 2.22. The lowest BCUT2D eigenvalue weighted by Crippen LogP contribution is -2.48. The number of ether oxygens (including phenoxy) is 2. The van der Waals surface area contributed by atoms with Gasteiger partial charge in [0, 0.05) is 17.0 Å². The average molecular weight is 269 g/mol. The molecule has 0 saturated carbocycles. The minimum absolute atomic E-state index is 0.151. The molecule has 1 saturated heterocycles. The molecule has 0 atom stereocenters. The Labute approximate surface area is 112 Å². The normalized spacial score (nSPS) is 17.1. The van der Waals surface area contributed by atoms with Gasteiger partial charge in [-0.2, -0.15) is 0 Å². The van der Waals surface area contributed by atoms with E-state index in [4.69, 9.17) is 21.1 Å². The van der Waals surface area contributed by atoms with Crippen LogP contribution in [0.4, 0.5) is 0 Å². The van der Waals surface area contributed by atoms with Crippen molar-refractivity contribution in [1.29, 1.82) is 0 Å². The van der Waals surface area contributed by atoms with Crippen LogP contribution >= 0.6 is 11.6 Å². The van der Waals surface area contributed by atoms with Crippen molar-refractivity contribution in [3.8, 4) is 5.75 Å². The zero-order valence-corrected chi connectivity index (χ0v) is 11.6. The highest BCUT2D eigenvalue weighted by Gasteiger charge is 2.43. The molecule has 1 aliphatic rings. The third kappa shape index (κ3) is 2.25. The summed E-state index contributed by atoms with van der Waals surface area (Å²) in [5.41, 5.74) is 1.69. The van der Waals surface area contributed by atoms with E-state index in [1.165, 1.54) is 0 Å². The monoisotopic (exact) mass is 268 g/mol. The zero-order chi connectivity index (χ0) is 13.3. The first-order chi connectivity index (χ1) is 8.48. The van der Waals surface area contributed by atoms with Crippen molar-refractivity contribution in [3.05, 3.63) is 28.3 Å². The van der Waals surface area contributed by atoms with Crippen LogP contribution in [0.1, 0.15) is 24.5 Å². The Balaban J connectivity index is 2.51. The molecular weight excluding hydrogens is 252 g/mol. The first kappa shape index (κ1) is 13.4. The maximum absolute atomic E-state index is 11.5. The molecule has 1 fully saturated rings. The van der Waals surface area contributed by atoms with Crippen molar-refractivity contribution >= 4 is 17.4 Å². The molecule has 98 valence electrons. The Hall–Kier alpha value is -1.06. The number of carbonyl (C=O) groups excluding carboxylic acids is 1. The van der Waals surface area contributed by atoms with Crippen LogP contribution in [0.5, 0.6) is 5.75 Å². The number of benzene rings is 1. The van der Waals surface area contributed by atoms with E-state index in [2.05, 4.69) is 0 Å². The van der Waals surface area contributed by atoms with Gasteiger partial charge in [0.05, 0.1) is 25.7 Å². The summed E-state index contributed by atoms with van der Waals surface area (Å²) in [6, 6.07) is 3.75. The van der Waals surface area contributed by atoms with Crippen LogP contribution in [-0.4, -0.2) is 26.1 Å². The van der Waals surface area contributed by atoms with Crippen molar-refractivity contribution in [2.75, 3.05) is 20.3 Å².